The highest BCUT2D eigenvalue weighted by Gasteiger charge is 2.08. The number of carbonyl (C=O) groups is 1. The monoisotopic (exact) mass is 352 g/mol. The maximum absolute atomic E-state index is 11.9. The smallest absolute Gasteiger partial charge is 0.253 e. The molecule has 0 unspecified atom stereocenters. The van der Waals surface area contributed by atoms with Crippen molar-refractivity contribution >= 4 is 38.9 Å². The molecule has 0 atom stereocenters. The predicted molar refractivity (Wildman–Crippen MR) is 88.5 cm³/mol. The topological polar surface area (TPSA) is 32.3 Å². The van der Waals surface area contributed by atoms with Crippen LogP contribution in [0.5, 0.6) is 0 Å². The van der Waals surface area contributed by atoms with Crippen molar-refractivity contribution in [1.29, 1.82) is 0 Å². The van der Waals surface area contributed by atoms with Gasteiger partial charge in [-0.25, -0.2) is 0 Å². The first-order valence-electron chi connectivity index (χ1n) is 6.28. The van der Waals surface area contributed by atoms with Gasteiger partial charge in [-0.3, -0.25) is 4.79 Å². The number of halogens is 1. The molecule has 3 nitrogen and oxygen atoms in total. The summed E-state index contributed by atoms with van der Waals surface area (Å²) in [4.78, 5) is 16.0. The van der Waals surface area contributed by atoms with E-state index in [1.54, 1.807) is 30.3 Å². The Bertz CT molecular complexity index is 603. The lowest BCUT2D eigenvalue weighted by Gasteiger charge is -2.11. The largest absolute Gasteiger partial charge is 0.380 e. The summed E-state index contributed by atoms with van der Waals surface area (Å²) in [6.07, 6.45) is 0. The Morgan fingerprint density at radius 1 is 1.35 bits per heavy atom. The molecule has 0 aliphatic heterocycles. The van der Waals surface area contributed by atoms with Gasteiger partial charge in [0.15, 0.2) is 0 Å². The van der Waals surface area contributed by atoms with Crippen LogP contribution in [0, 0.1) is 6.92 Å². The highest BCUT2D eigenvalue weighted by Crippen LogP contribution is 2.27. The molecule has 0 saturated carbocycles. The Kier molecular flexibility index (Phi) is 4.83. The van der Waals surface area contributed by atoms with Crippen LogP contribution in [0.4, 0.5) is 5.69 Å². The molecule has 106 valence electrons. The summed E-state index contributed by atoms with van der Waals surface area (Å²) in [5, 5.41) is 3.35. The van der Waals surface area contributed by atoms with Crippen LogP contribution in [-0.2, 0) is 6.54 Å². The number of hydrogen-bond acceptors (Lipinski definition) is 3. The summed E-state index contributed by atoms with van der Waals surface area (Å²) in [6.45, 7) is 2.85. The molecule has 20 heavy (non-hydrogen) atoms. The number of thiophene rings is 1. The molecule has 0 spiro atoms. The van der Waals surface area contributed by atoms with E-state index in [9.17, 15) is 4.79 Å². The molecule has 0 bridgehead atoms. The van der Waals surface area contributed by atoms with E-state index in [1.807, 2.05) is 24.3 Å². The number of benzene rings is 1. The van der Waals surface area contributed by atoms with Crippen molar-refractivity contribution in [2.45, 2.75) is 13.5 Å². The standard InChI is InChI=1S/C15H17BrN2OS/c1-10-14(16)8-13(20-10)9-17-12-6-4-5-11(7-12)15(19)18(2)3/h4-8,17H,9H2,1-3H3. The number of nitrogens with zero attached hydrogens (tertiary/aromatic N) is 1. The molecule has 1 amide bonds. The summed E-state index contributed by atoms with van der Waals surface area (Å²) in [7, 11) is 3.52. The lowest BCUT2D eigenvalue weighted by Crippen LogP contribution is -2.21. The molecule has 5 heteroatoms. The van der Waals surface area contributed by atoms with Gasteiger partial charge in [0.25, 0.3) is 5.91 Å². The van der Waals surface area contributed by atoms with E-state index >= 15 is 0 Å². The normalized spacial score (nSPS) is 10.4. The molecule has 1 aromatic carbocycles. The lowest BCUT2D eigenvalue weighted by molar-refractivity contribution is 0.0827. The van der Waals surface area contributed by atoms with Crippen LogP contribution in [0.15, 0.2) is 34.8 Å². The second kappa shape index (κ2) is 6.41. The lowest BCUT2D eigenvalue weighted by atomic mass is 10.2. The van der Waals surface area contributed by atoms with Gasteiger partial charge in [0.05, 0.1) is 0 Å². The number of anilines is 1. The average molecular weight is 353 g/mol. The number of amides is 1. The van der Waals surface area contributed by atoms with Crippen LogP contribution in [0.3, 0.4) is 0 Å². The van der Waals surface area contributed by atoms with Gasteiger partial charge in [-0.05, 0) is 47.1 Å². The summed E-state index contributed by atoms with van der Waals surface area (Å²) in [6, 6.07) is 9.72. The highest BCUT2D eigenvalue weighted by molar-refractivity contribution is 9.10. The summed E-state index contributed by atoms with van der Waals surface area (Å²) < 4.78 is 1.15. The van der Waals surface area contributed by atoms with Crippen molar-refractivity contribution < 1.29 is 4.79 Å². The minimum atomic E-state index is 0.0170. The van der Waals surface area contributed by atoms with E-state index in [0.717, 1.165) is 16.7 Å². The Balaban J connectivity index is 2.06. The van der Waals surface area contributed by atoms with Crippen molar-refractivity contribution in [3.8, 4) is 0 Å². The SMILES string of the molecule is Cc1sc(CNc2cccc(C(=O)N(C)C)c2)cc1Br. The molecule has 1 N–H and O–H groups in total. The number of rotatable bonds is 4. The Labute approximate surface area is 131 Å². The van der Waals surface area contributed by atoms with Gasteiger partial charge < -0.3 is 10.2 Å². The minimum absolute atomic E-state index is 0.0170. The molecule has 0 radical (unpaired) electrons. The van der Waals surface area contributed by atoms with Crippen molar-refractivity contribution in [1.82, 2.24) is 4.90 Å². The second-order valence-corrected chi connectivity index (χ2v) is 6.95. The van der Waals surface area contributed by atoms with Crippen LogP contribution in [0.2, 0.25) is 0 Å². The van der Waals surface area contributed by atoms with E-state index in [4.69, 9.17) is 0 Å². The molecule has 0 aliphatic carbocycles. The van der Waals surface area contributed by atoms with Gasteiger partial charge in [-0.2, -0.15) is 0 Å². The summed E-state index contributed by atoms with van der Waals surface area (Å²) in [5.74, 6) is 0.0170. The predicted octanol–water partition coefficient (Wildman–Crippen LogP) is 4.13. The highest BCUT2D eigenvalue weighted by atomic mass is 79.9. The van der Waals surface area contributed by atoms with Crippen LogP contribution in [0.25, 0.3) is 0 Å². The zero-order valence-electron chi connectivity index (χ0n) is 11.7. The third-order valence-corrected chi connectivity index (χ3v) is 5.03. The van der Waals surface area contributed by atoms with E-state index in [-0.39, 0.29) is 5.91 Å². The van der Waals surface area contributed by atoms with Crippen molar-refractivity contribution in [2.24, 2.45) is 0 Å². The van der Waals surface area contributed by atoms with Gasteiger partial charge in [0.2, 0.25) is 0 Å². The average Bonchev–Trinajstić information content (AvgIpc) is 2.75. The quantitative estimate of drug-likeness (QED) is 0.896. The van der Waals surface area contributed by atoms with Crippen LogP contribution < -0.4 is 5.32 Å². The molecule has 0 aliphatic rings. The fourth-order valence-corrected chi connectivity index (χ4v) is 3.36. The van der Waals surface area contributed by atoms with Crippen molar-refractivity contribution in [3.05, 3.63) is 50.1 Å². The zero-order chi connectivity index (χ0) is 14.7. The maximum Gasteiger partial charge on any atom is 0.253 e. The fourth-order valence-electron chi connectivity index (χ4n) is 1.81. The third-order valence-electron chi connectivity index (χ3n) is 2.89. The van der Waals surface area contributed by atoms with Crippen LogP contribution >= 0.6 is 27.3 Å². The first-order valence-corrected chi connectivity index (χ1v) is 7.88. The maximum atomic E-state index is 11.9. The first kappa shape index (κ1) is 15.1. The molecule has 1 aromatic heterocycles. The molecular weight excluding hydrogens is 336 g/mol. The van der Waals surface area contributed by atoms with E-state index in [2.05, 4.69) is 34.2 Å². The van der Waals surface area contributed by atoms with Gasteiger partial charge in [-0.1, -0.05) is 6.07 Å². The Morgan fingerprint density at radius 3 is 2.70 bits per heavy atom. The summed E-state index contributed by atoms with van der Waals surface area (Å²) >= 11 is 5.29. The number of hydrogen-bond donors (Lipinski definition) is 1. The van der Waals surface area contributed by atoms with Crippen molar-refractivity contribution in [3.63, 3.8) is 0 Å². The van der Waals surface area contributed by atoms with Gasteiger partial charge >= 0.3 is 0 Å². The van der Waals surface area contributed by atoms with Crippen molar-refractivity contribution in [2.75, 3.05) is 19.4 Å². The van der Waals surface area contributed by atoms with Gasteiger partial charge in [0, 0.05) is 46.1 Å². The second-order valence-electron chi connectivity index (χ2n) is 4.75. The number of carbonyl (C=O) groups excluding carboxylic acids is 1. The molecule has 1 heterocycles. The molecule has 2 rings (SSSR count). The number of nitrogens with one attached hydrogen (secondary N) is 1. The first-order chi connectivity index (χ1) is 9.47. The van der Waals surface area contributed by atoms with Crippen LogP contribution in [-0.4, -0.2) is 24.9 Å². The van der Waals surface area contributed by atoms with Crippen LogP contribution in [0.1, 0.15) is 20.1 Å². The fraction of sp³-hybridized carbons (Fsp3) is 0.267. The molecular formula is C15H17BrN2OS. The zero-order valence-corrected chi connectivity index (χ0v) is 14.1. The number of aryl methyl sites for hydroxylation is 1. The third kappa shape index (κ3) is 3.61. The minimum Gasteiger partial charge on any atom is -0.380 e. The molecule has 0 saturated heterocycles. The van der Waals surface area contributed by atoms with Gasteiger partial charge in [-0.15, -0.1) is 11.3 Å². The van der Waals surface area contributed by atoms with E-state index in [1.165, 1.54) is 9.75 Å². The Hall–Kier alpha value is -1.33. The molecule has 0 fully saturated rings. The summed E-state index contributed by atoms with van der Waals surface area (Å²) in [5.41, 5.74) is 1.66. The van der Waals surface area contributed by atoms with Gasteiger partial charge in [0.1, 0.15) is 0 Å². The van der Waals surface area contributed by atoms with E-state index < -0.39 is 0 Å². The Morgan fingerprint density at radius 2 is 2.10 bits per heavy atom. The van der Waals surface area contributed by atoms with E-state index in [0.29, 0.717) is 5.56 Å². The molecule has 2 aromatic rings.